The molecule has 1 N–H and O–H groups in total. The first-order chi connectivity index (χ1) is 12.1. The molecular formula is C20H27Br2N3O. The van der Waals surface area contributed by atoms with Crippen LogP contribution in [0.3, 0.4) is 0 Å². The van der Waals surface area contributed by atoms with Gasteiger partial charge in [0.15, 0.2) is 0 Å². The maximum atomic E-state index is 11.5. The average molecular weight is 485 g/mol. The third kappa shape index (κ3) is 4.65. The SMILES string of the molecule is CCCCCCCCN1c2nccc[n+]2C[C@@]1(O)c1ccc(Br)cc1.[Br-]. The van der Waals surface area contributed by atoms with Gasteiger partial charge in [0.25, 0.3) is 0 Å². The molecule has 0 saturated carbocycles. The Kier molecular flexibility index (Phi) is 8.05. The maximum Gasteiger partial charge on any atom is 0.396 e. The molecule has 4 nitrogen and oxygen atoms in total. The van der Waals surface area contributed by atoms with E-state index in [1.54, 1.807) is 6.20 Å². The van der Waals surface area contributed by atoms with Crippen LogP contribution in [0.5, 0.6) is 0 Å². The first-order valence-corrected chi connectivity index (χ1v) is 10.0. The molecule has 0 bridgehead atoms. The standard InChI is InChI=1S/C20H27BrN3O.BrH/c1-2-3-4-5-6-7-15-24-19-22-13-8-14-23(19)16-20(24,25)17-9-11-18(21)12-10-17;/h8-14,25H,2-7,15-16H2,1H3;1H/q+1;/p-1/t20-;/m1./s1. The van der Waals surface area contributed by atoms with Crippen molar-refractivity contribution in [2.24, 2.45) is 0 Å². The van der Waals surface area contributed by atoms with Crippen molar-refractivity contribution in [3.8, 4) is 0 Å². The topological polar surface area (TPSA) is 40.2 Å². The number of unbranched alkanes of at least 4 members (excludes halogenated alkanes) is 5. The first-order valence-electron chi connectivity index (χ1n) is 9.25. The lowest BCUT2D eigenvalue weighted by molar-refractivity contribution is -0.685. The number of anilines is 1. The third-order valence-electron chi connectivity index (χ3n) is 4.92. The lowest BCUT2D eigenvalue weighted by Gasteiger charge is -2.28. The minimum Gasteiger partial charge on any atom is -1.00 e. The minimum atomic E-state index is -1.04. The molecule has 1 aliphatic rings. The van der Waals surface area contributed by atoms with E-state index in [9.17, 15) is 5.11 Å². The Morgan fingerprint density at radius 1 is 1.15 bits per heavy atom. The third-order valence-corrected chi connectivity index (χ3v) is 5.45. The van der Waals surface area contributed by atoms with Crippen molar-refractivity contribution in [1.29, 1.82) is 0 Å². The summed E-state index contributed by atoms with van der Waals surface area (Å²) in [6.07, 6.45) is 11.2. The summed E-state index contributed by atoms with van der Waals surface area (Å²) in [6.45, 7) is 3.56. The minimum absolute atomic E-state index is 0. The Bertz CT molecular complexity index is 696. The van der Waals surface area contributed by atoms with Crippen molar-refractivity contribution < 1.29 is 26.7 Å². The molecule has 0 unspecified atom stereocenters. The monoisotopic (exact) mass is 483 g/mol. The van der Waals surface area contributed by atoms with Crippen LogP contribution < -0.4 is 26.4 Å². The molecule has 0 fully saturated rings. The molecule has 3 rings (SSSR count). The molecule has 26 heavy (non-hydrogen) atoms. The van der Waals surface area contributed by atoms with Crippen molar-refractivity contribution in [2.45, 2.75) is 57.7 Å². The van der Waals surface area contributed by atoms with E-state index in [0.717, 1.165) is 29.0 Å². The van der Waals surface area contributed by atoms with Gasteiger partial charge in [0, 0.05) is 16.1 Å². The van der Waals surface area contributed by atoms with E-state index in [4.69, 9.17) is 0 Å². The number of halogens is 2. The van der Waals surface area contributed by atoms with Gasteiger partial charge in [-0.1, -0.05) is 72.1 Å². The molecule has 1 aliphatic heterocycles. The quantitative estimate of drug-likeness (QED) is 0.451. The number of benzene rings is 1. The van der Waals surface area contributed by atoms with Gasteiger partial charge in [-0.3, -0.25) is 0 Å². The molecular weight excluding hydrogens is 458 g/mol. The van der Waals surface area contributed by atoms with Crippen LogP contribution in [0.4, 0.5) is 5.95 Å². The van der Waals surface area contributed by atoms with E-state index in [0.29, 0.717) is 6.54 Å². The molecule has 6 heteroatoms. The average Bonchev–Trinajstić information content (AvgIpc) is 2.91. The van der Waals surface area contributed by atoms with Crippen LogP contribution in [-0.4, -0.2) is 16.6 Å². The fourth-order valence-corrected chi connectivity index (χ4v) is 3.79. The zero-order valence-corrected chi connectivity index (χ0v) is 18.4. The zero-order chi connectivity index (χ0) is 17.7. The van der Waals surface area contributed by atoms with Crippen LogP contribution in [0.1, 0.15) is 51.0 Å². The normalized spacial score (nSPS) is 18.5. The molecule has 2 heterocycles. The Labute approximate surface area is 175 Å². The molecule has 0 saturated heterocycles. The van der Waals surface area contributed by atoms with Gasteiger partial charge in [0.2, 0.25) is 5.72 Å². The van der Waals surface area contributed by atoms with Gasteiger partial charge in [-0.25, -0.2) is 9.47 Å². The fraction of sp³-hybridized carbons (Fsp3) is 0.500. The number of aliphatic hydroxyl groups is 1. The van der Waals surface area contributed by atoms with Gasteiger partial charge in [-0.05, 0) is 18.6 Å². The molecule has 1 aromatic heterocycles. The van der Waals surface area contributed by atoms with Gasteiger partial charge in [0.1, 0.15) is 12.7 Å². The Hall–Kier alpha value is -0.980. The molecule has 0 radical (unpaired) electrons. The largest absolute Gasteiger partial charge is 1.00 e. The van der Waals surface area contributed by atoms with Crippen LogP contribution in [0.25, 0.3) is 0 Å². The number of aromatic nitrogens is 2. The van der Waals surface area contributed by atoms with E-state index in [1.807, 2.05) is 41.1 Å². The van der Waals surface area contributed by atoms with E-state index in [2.05, 4.69) is 32.7 Å². The van der Waals surface area contributed by atoms with E-state index >= 15 is 0 Å². The number of fused-ring (bicyclic) bond motifs is 1. The van der Waals surface area contributed by atoms with Crippen LogP contribution in [0, 0.1) is 0 Å². The number of nitrogens with zero attached hydrogens (tertiary/aromatic N) is 3. The second-order valence-corrected chi connectivity index (χ2v) is 7.71. The van der Waals surface area contributed by atoms with Gasteiger partial charge < -0.3 is 22.1 Å². The van der Waals surface area contributed by atoms with Crippen molar-refractivity contribution in [3.05, 3.63) is 52.8 Å². The Balaban J connectivity index is 0.00000243. The molecule has 0 spiro atoms. The molecule has 2 aromatic rings. The van der Waals surface area contributed by atoms with Crippen molar-refractivity contribution >= 4 is 21.9 Å². The van der Waals surface area contributed by atoms with Crippen LogP contribution >= 0.6 is 15.9 Å². The van der Waals surface area contributed by atoms with Gasteiger partial charge >= 0.3 is 5.95 Å². The predicted molar refractivity (Wildman–Crippen MR) is 103 cm³/mol. The lowest BCUT2D eigenvalue weighted by Crippen LogP contribution is -3.00. The van der Waals surface area contributed by atoms with Gasteiger partial charge in [0.05, 0.1) is 12.7 Å². The first kappa shape index (κ1) is 21.3. The molecule has 0 amide bonds. The number of rotatable bonds is 8. The zero-order valence-electron chi connectivity index (χ0n) is 15.2. The number of hydrogen-bond donors (Lipinski definition) is 1. The van der Waals surface area contributed by atoms with E-state index in [-0.39, 0.29) is 17.0 Å². The highest BCUT2D eigenvalue weighted by atomic mass is 79.9. The summed E-state index contributed by atoms with van der Waals surface area (Å²) < 4.78 is 3.06. The number of hydrogen-bond acceptors (Lipinski definition) is 3. The highest BCUT2D eigenvalue weighted by molar-refractivity contribution is 9.10. The van der Waals surface area contributed by atoms with E-state index in [1.165, 1.54) is 32.1 Å². The lowest BCUT2D eigenvalue weighted by atomic mass is 10.0. The second kappa shape index (κ2) is 9.81. The summed E-state index contributed by atoms with van der Waals surface area (Å²) in [5.74, 6) is 0.849. The van der Waals surface area contributed by atoms with E-state index < -0.39 is 5.72 Å². The maximum absolute atomic E-state index is 11.5. The van der Waals surface area contributed by atoms with Crippen LogP contribution in [0.2, 0.25) is 0 Å². The highest BCUT2D eigenvalue weighted by Gasteiger charge is 2.50. The van der Waals surface area contributed by atoms with Crippen molar-refractivity contribution in [1.82, 2.24) is 4.98 Å². The predicted octanol–water partition coefficient (Wildman–Crippen LogP) is 1.16. The summed E-state index contributed by atoms with van der Waals surface area (Å²) >= 11 is 3.47. The second-order valence-electron chi connectivity index (χ2n) is 6.79. The van der Waals surface area contributed by atoms with Crippen LogP contribution in [0.15, 0.2) is 47.2 Å². The van der Waals surface area contributed by atoms with Crippen molar-refractivity contribution in [2.75, 3.05) is 11.4 Å². The molecule has 1 atom stereocenters. The van der Waals surface area contributed by atoms with Gasteiger partial charge in [-0.2, -0.15) is 0 Å². The summed E-state index contributed by atoms with van der Waals surface area (Å²) in [4.78, 5) is 6.59. The summed E-state index contributed by atoms with van der Waals surface area (Å²) in [5, 5.41) is 11.5. The molecule has 1 aromatic carbocycles. The Morgan fingerprint density at radius 3 is 2.58 bits per heavy atom. The van der Waals surface area contributed by atoms with Gasteiger partial charge in [-0.15, -0.1) is 0 Å². The smallest absolute Gasteiger partial charge is 0.396 e. The van der Waals surface area contributed by atoms with Crippen LogP contribution in [-0.2, 0) is 12.3 Å². The molecule has 142 valence electrons. The van der Waals surface area contributed by atoms with Crippen molar-refractivity contribution in [3.63, 3.8) is 0 Å². The fourth-order valence-electron chi connectivity index (χ4n) is 3.53. The highest BCUT2D eigenvalue weighted by Crippen LogP contribution is 2.34. The summed E-state index contributed by atoms with van der Waals surface area (Å²) in [7, 11) is 0. The summed E-state index contributed by atoms with van der Waals surface area (Å²) in [6, 6.07) is 9.86. The molecule has 0 aliphatic carbocycles. The summed E-state index contributed by atoms with van der Waals surface area (Å²) in [5.41, 5.74) is -0.127. The Morgan fingerprint density at radius 2 is 1.85 bits per heavy atom.